The predicted molar refractivity (Wildman–Crippen MR) is 86.2 cm³/mol. The van der Waals surface area contributed by atoms with Crippen LogP contribution >= 0.6 is 12.2 Å². The first kappa shape index (κ1) is 15.0. The molecule has 1 amide bonds. The highest BCUT2D eigenvalue weighted by Gasteiger charge is 2.15. The number of para-hydroxylation sites is 1. The Bertz CT molecular complexity index is 685. The van der Waals surface area contributed by atoms with E-state index in [9.17, 15) is 9.90 Å². The van der Waals surface area contributed by atoms with Gasteiger partial charge in [0.25, 0.3) is 5.91 Å². The summed E-state index contributed by atoms with van der Waals surface area (Å²) in [6.07, 6.45) is 0. The van der Waals surface area contributed by atoms with Crippen LogP contribution in [0.5, 0.6) is 5.75 Å². The molecule has 3 N–H and O–H groups in total. The Hall–Kier alpha value is -2.40. The molecule has 0 aliphatic carbocycles. The molecule has 4 nitrogen and oxygen atoms in total. The number of carbonyl (C=O) groups is 1. The molecule has 108 valence electrons. The molecule has 0 aliphatic rings. The van der Waals surface area contributed by atoms with E-state index in [1.807, 2.05) is 24.3 Å². The second-order valence-corrected chi connectivity index (χ2v) is 5.18. The lowest BCUT2D eigenvalue weighted by molar-refractivity contribution is 0.0782. The van der Waals surface area contributed by atoms with E-state index in [0.717, 1.165) is 11.1 Å². The molecular weight excluding hydrogens is 284 g/mol. The highest BCUT2D eigenvalue weighted by Crippen LogP contribution is 2.18. The number of rotatable bonds is 4. The maximum atomic E-state index is 12.3. The third-order valence-corrected chi connectivity index (χ3v) is 3.35. The van der Waals surface area contributed by atoms with E-state index in [-0.39, 0.29) is 17.2 Å². The number of phenolic OH excluding ortho intramolecular Hbond substituents is 1. The minimum atomic E-state index is -0.242. The molecule has 0 fully saturated rings. The van der Waals surface area contributed by atoms with Crippen LogP contribution in [0.4, 0.5) is 0 Å². The van der Waals surface area contributed by atoms with Gasteiger partial charge in [0.15, 0.2) is 0 Å². The number of aromatic hydroxyl groups is 1. The van der Waals surface area contributed by atoms with Gasteiger partial charge in [-0.05, 0) is 23.8 Å². The Labute approximate surface area is 128 Å². The number of phenols is 1. The average molecular weight is 300 g/mol. The van der Waals surface area contributed by atoms with Gasteiger partial charge in [-0.15, -0.1) is 0 Å². The Morgan fingerprint density at radius 1 is 1.24 bits per heavy atom. The number of thiocarbonyl (C=S) groups is 1. The zero-order valence-electron chi connectivity index (χ0n) is 11.6. The lowest BCUT2D eigenvalue weighted by Crippen LogP contribution is -2.26. The number of carbonyl (C=O) groups excluding carboxylic acids is 1. The van der Waals surface area contributed by atoms with Gasteiger partial charge >= 0.3 is 0 Å². The molecule has 0 spiro atoms. The topological polar surface area (TPSA) is 66.6 Å². The first-order valence-electron chi connectivity index (χ1n) is 6.41. The monoisotopic (exact) mass is 300 g/mol. The standard InChI is InChI=1S/C16H16N2O2S/c1-18(16(20)13-7-2-3-8-14(13)19)10-11-5-4-6-12(9-11)15(17)21/h2-9,19H,10H2,1H3,(H2,17,21). The van der Waals surface area contributed by atoms with Crippen molar-refractivity contribution >= 4 is 23.1 Å². The fourth-order valence-corrected chi connectivity index (χ4v) is 2.16. The first-order valence-corrected chi connectivity index (χ1v) is 6.82. The summed E-state index contributed by atoms with van der Waals surface area (Å²) in [6, 6.07) is 13.9. The normalized spacial score (nSPS) is 10.1. The molecule has 0 atom stereocenters. The van der Waals surface area contributed by atoms with Gasteiger partial charge in [0, 0.05) is 19.2 Å². The summed E-state index contributed by atoms with van der Waals surface area (Å²) in [5.41, 5.74) is 7.58. The minimum Gasteiger partial charge on any atom is -0.507 e. The van der Waals surface area contributed by atoms with E-state index in [2.05, 4.69) is 0 Å². The quantitative estimate of drug-likeness (QED) is 0.850. The number of amides is 1. The van der Waals surface area contributed by atoms with Crippen LogP contribution in [0.15, 0.2) is 48.5 Å². The van der Waals surface area contributed by atoms with Gasteiger partial charge in [0.2, 0.25) is 0 Å². The molecule has 0 unspecified atom stereocenters. The molecule has 0 heterocycles. The number of benzene rings is 2. The van der Waals surface area contributed by atoms with E-state index in [0.29, 0.717) is 11.5 Å². The molecule has 0 radical (unpaired) electrons. The Morgan fingerprint density at radius 2 is 1.95 bits per heavy atom. The Kier molecular flexibility index (Phi) is 4.55. The fourth-order valence-electron chi connectivity index (χ4n) is 2.03. The van der Waals surface area contributed by atoms with Crippen LogP contribution in [-0.2, 0) is 6.54 Å². The highest BCUT2D eigenvalue weighted by molar-refractivity contribution is 7.80. The van der Waals surface area contributed by atoms with Crippen LogP contribution in [0.3, 0.4) is 0 Å². The predicted octanol–water partition coefficient (Wildman–Crippen LogP) is 2.30. The third-order valence-electron chi connectivity index (χ3n) is 3.11. The van der Waals surface area contributed by atoms with Crippen molar-refractivity contribution in [3.63, 3.8) is 0 Å². The van der Waals surface area contributed by atoms with Crippen molar-refractivity contribution in [3.05, 3.63) is 65.2 Å². The van der Waals surface area contributed by atoms with E-state index in [1.54, 1.807) is 25.2 Å². The number of hydrogen-bond acceptors (Lipinski definition) is 3. The van der Waals surface area contributed by atoms with Gasteiger partial charge in [0.1, 0.15) is 10.7 Å². The molecule has 2 aromatic carbocycles. The summed E-state index contributed by atoms with van der Waals surface area (Å²) < 4.78 is 0. The summed E-state index contributed by atoms with van der Waals surface area (Å²) >= 11 is 4.94. The van der Waals surface area contributed by atoms with Crippen LogP contribution in [0.25, 0.3) is 0 Å². The SMILES string of the molecule is CN(Cc1cccc(C(N)=S)c1)C(=O)c1ccccc1O. The van der Waals surface area contributed by atoms with Crippen molar-refractivity contribution in [2.45, 2.75) is 6.54 Å². The number of hydrogen-bond donors (Lipinski definition) is 2. The molecule has 0 saturated heterocycles. The Morgan fingerprint density at radius 3 is 2.62 bits per heavy atom. The summed E-state index contributed by atoms with van der Waals surface area (Å²) in [5, 5.41) is 9.73. The van der Waals surface area contributed by atoms with Crippen LogP contribution in [-0.4, -0.2) is 27.9 Å². The smallest absolute Gasteiger partial charge is 0.257 e. The van der Waals surface area contributed by atoms with Crippen LogP contribution in [0, 0.1) is 0 Å². The van der Waals surface area contributed by atoms with Gasteiger partial charge in [-0.25, -0.2) is 0 Å². The first-order chi connectivity index (χ1) is 9.99. The van der Waals surface area contributed by atoms with E-state index >= 15 is 0 Å². The molecule has 0 bridgehead atoms. The molecule has 5 heteroatoms. The number of nitrogens with two attached hydrogens (primary N) is 1. The molecule has 0 aromatic heterocycles. The minimum absolute atomic E-state index is 0.0220. The second-order valence-electron chi connectivity index (χ2n) is 4.74. The van der Waals surface area contributed by atoms with Crippen molar-refractivity contribution in [2.24, 2.45) is 5.73 Å². The fraction of sp³-hybridized carbons (Fsp3) is 0.125. The van der Waals surface area contributed by atoms with Crippen molar-refractivity contribution in [1.82, 2.24) is 4.90 Å². The van der Waals surface area contributed by atoms with Gasteiger partial charge in [-0.1, -0.05) is 42.5 Å². The molecular formula is C16H16N2O2S. The highest BCUT2D eigenvalue weighted by atomic mass is 32.1. The van der Waals surface area contributed by atoms with E-state index < -0.39 is 0 Å². The largest absolute Gasteiger partial charge is 0.507 e. The average Bonchev–Trinajstić information content (AvgIpc) is 2.47. The van der Waals surface area contributed by atoms with E-state index in [1.165, 1.54) is 11.0 Å². The third kappa shape index (κ3) is 3.58. The van der Waals surface area contributed by atoms with Crippen LogP contribution < -0.4 is 5.73 Å². The van der Waals surface area contributed by atoms with Crippen molar-refractivity contribution in [2.75, 3.05) is 7.05 Å². The zero-order valence-corrected chi connectivity index (χ0v) is 12.4. The Balaban J connectivity index is 2.16. The summed E-state index contributed by atoms with van der Waals surface area (Å²) in [4.78, 5) is 14.2. The maximum Gasteiger partial charge on any atom is 0.257 e. The summed E-state index contributed by atoms with van der Waals surface area (Å²) in [5.74, 6) is -0.264. The van der Waals surface area contributed by atoms with Gasteiger partial charge in [-0.2, -0.15) is 0 Å². The van der Waals surface area contributed by atoms with Gasteiger partial charge in [0.05, 0.1) is 5.56 Å². The van der Waals surface area contributed by atoms with Gasteiger partial charge < -0.3 is 15.7 Å². The molecule has 0 aliphatic heterocycles. The molecule has 21 heavy (non-hydrogen) atoms. The zero-order chi connectivity index (χ0) is 15.4. The van der Waals surface area contributed by atoms with Gasteiger partial charge in [-0.3, -0.25) is 4.79 Å². The molecule has 2 rings (SSSR count). The summed E-state index contributed by atoms with van der Waals surface area (Å²) in [7, 11) is 1.68. The van der Waals surface area contributed by atoms with Crippen molar-refractivity contribution in [1.29, 1.82) is 0 Å². The summed E-state index contributed by atoms with van der Waals surface area (Å²) in [6.45, 7) is 0.406. The second kappa shape index (κ2) is 6.37. The van der Waals surface area contributed by atoms with Crippen molar-refractivity contribution < 1.29 is 9.90 Å². The lowest BCUT2D eigenvalue weighted by atomic mass is 10.1. The van der Waals surface area contributed by atoms with Crippen LogP contribution in [0.1, 0.15) is 21.5 Å². The maximum absolute atomic E-state index is 12.3. The van der Waals surface area contributed by atoms with E-state index in [4.69, 9.17) is 18.0 Å². The lowest BCUT2D eigenvalue weighted by Gasteiger charge is -2.18. The number of nitrogens with zero attached hydrogens (tertiary/aromatic N) is 1. The molecule has 2 aromatic rings. The van der Waals surface area contributed by atoms with Crippen LogP contribution in [0.2, 0.25) is 0 Å². The molecule has 0 saturated carbocycles. The van der Waals surface area contributed by atoms with Crippen molar-refractivity contribution in [3.8, 4) is 5.75 Å².